The van der Waals surface area contributed by atoms with E-state index in [0.717, 1.165) is 6.42 Å². The minimum Gasteiger partial charge on any atom is -0.380 e. The number of terminal acetylenes is 1. The Kier molecular flexibility index (Phi) is 1.73. The first-order chi connectivity index (χ1) is 5.72. The Bertz CT molecular complexity index is 259. The zero-order valence-electron chi connectivity index (χ0n) is 7.33. The van der Waals surface area contributed by atoms with E-state index in [1.165, 1.54) is 12.0 Å². The minimum absolute atomic E-state index is 0.338. The van der Waals surface area contributed by atoms with Gasteiger partial charge in [0, 0.05) is 5.92 Å². The highest BCUT2D eigenvalue weighted by Crippen LogP contribution is 2.48. The summed E-state index contributed by atoms with van der Waals surface area (Å²) in [6.45, 7) is 2.15. The van der Waals surface area contributed by atoms with E-state index >= 15 is 0 Å². The monoisotopic (exact) mass is 162 g/mol. The van der Waals surface area contributed by atoms with Gasteiger partial charge < -0.3 is 5.11 Å². The molecule has 0 spiro atoms. The van der Waals surface area contributed by atoms with Gasteiger partial charge in [-0.15, -0.1) is 6.42 Å². The van der Waals surface area contributed by atoms with Gasteiger partial charge in [0.2, 0.25) is 0 Å². The SMILES string of the molecule is C#CC(O)C1CC2C=C(C)C1C2. The molecular formula is C11H14O. The predicted molar refractivity (Wildman–Crippen MR) is 48.3 cm³/mol. The van der Waals surface area contributed by atoms with Crippen molar-refractivity contribution in [1.29, 1.82) is 0 Å². The summed E-state index contributed by atoms with van der Waals surface area (Å²) in [4.78, 5) is 0. The number of hydrogen-bond acceptors (Lipinski definition) is 1. The largest absolute Gasteiger partial charge is 0.380 e. The maximum atomic E-state index is 9.53. The van der Waals surface area contributed by atoms with Crippen LogP contribution in [0.5, 0.6) is 0 Å². The lowest BCUT2D eigenvalue weighted by Crippen LogP contribution is -2.24. The third-order valence-corrected chi connectivity index (χ3v) is 3.31. The molecule has 1 saturated carbocycles. The fraction of sp³-hybridized carbons (Fsp3) is 0.636. The van der Waals surface area contributed by atoms with Gasteiger partial charge in [0.05, 0.1) is 0 Å². The average molecular weight is 162 g/mol. The molecule has 4 unspecified atom stereocenters. The molecule has 0 heterocycles. The summed E-state index contributed by atoms with van der Waals surface area (Å²) in [5.41, 5.74) is 1.44. The van der Waals surface area contributed by atoms with Crippen LogP contribution in [-0.2, 0) is 0 Å². The number of aliphatic hydroxyl groups is 1. The van der Waals surface area contributed by atoms with E-state index in [9.17, 15) is 5.11 Å². The molecule has 1 fully saturated rings. The maximum absolute atomic E-state index is 9.53. The van der Waals surface area contributed by atoms with Crippen molar-refractivity contribution in [2.45, 2.75) is 25.9 Å². The van der Waals surface area contributed by atoms with E-state index in [0.29, 0.717) is 17.8 Å². The third kappa shape index (κ3) is 0.990. The summed E-state index contributed by atoms with van der Waals surface area (Å²) in [6.07, 6.45) is 9.33. The van der Waals surface area contributed by atoms with Gasteiger partial charge in [-0.2, -0.15) is 0 Å². The predicted octanol–water partition coefficient (Wildman–Crippen LogP) is 1.58. The van der Waals surface area contributed by atoms with E-state index in [4.69, 9.17) is 6.42 Å². The van der Waals surface area contributed by atoms with Crippen molar-refractivity contribution in [3.05, 3.63) is 11.6 Å². The van der Waals surface area contributed by atoms with Crippen LogP contribution in [0, 0.1) is 30.1 Å². The molecule has 4 atom stereocenters. The fourth-order valence-corrected chi connectivity index (χ4v) is 2.74. The molecule has 12 heavy (non-hydrogen) atoms. The first kappa shape index (κ1) is 7.89. The Morgan fingerprint density at radius 1 is 1.67 bits per heavy atom. The fourth-order valence-electron chi connectivity index (χ4n) is 2.74. The summed E-state index contributed by atoms with van der Waals surface area (Å²) in [5, 5.41) is 9.53. The second-order valence-corrected chi connectivity index (χ2v) is 4.02. The zero-order valence-corrected chi connectivity index (χ0v) is 7.33. The zero-order chi connectivity index (χ0) is 8.72. The molecular weight excluding hydrogens is 148 g/mol. The molecule has 2 rings (SSSR count). The van der Waals surface area contributed by atoms with Crippen molar-refractivity contribution in [3.63, 3.8) is 0 Å². The molecule has 2 aliphatic carbocycles. The molecule has 1 heteroatoms. The van der Waals surface area contributed by atoms with E-state index in [-0.39, 0.29) is 0 Å². The van der Waals surface area contributed by atoms with Crippen molar-refractivity contribution >= 4 is 0 Å². The van der Waals surface area contributed by atoms with E-state index in [1.54, 1.807) is 0 Å². The Hall–Kier alpha value is -0.740. The summed E-state index contributed by atoms with van der Waals surface area (Å²) in [5.74, 6) is 4.05. The first-order valence-corrected chi connectivity index (χ1v) is 4.55. The second kappa shape index (κ2) is 2.64. The number of allylic oxidation sites excluding steroid dienone is 2. The quantitative estimate of drug-likeness (QED) is 0.458. The lowest BCUT2D eigenvalue weighted by atomic mass is 9.84. The molecule has 64 valence electrons. The highest BCUT2D eigenvalue weighted by Gasteiger charge is 2.41. The lowest BCUT2D eigenvalue weighted by molar-refractivity contribution is 0.142. The minimum atomic E-state index is -0.524. The van der Waals surface area contributed by atoms with Crippen LogP contribution in [0.25, 0.3) is 0 Å². The molecule has 2 bridgehead atoms. The van der Waals surface area contributed by atoms with Crippen molar-refractivity contribution in [1.82, 2.24) is 0 Å². The highest BCUT2D eigenvalue weighted by molar-refractivity contribution is 5.22. The van der Waals surface area contributed by atoms with Gasteiger partial charge in [-0.3, -0.25) is 0 Å². The lowest BCUT2D eigenvalue weighted by Gasteiger charge is -2.23. The number of hydrogen-bond donors (Lipinski definition) is 1. The van der Waals surface area contributed by atoms with Gasteiger partial charge in [0.1, 0.15) is 6.10 Å². The average Bonchev–Trinajstić information content (AvgIpc) is 2.60. The van der Waals surface area contributed by atoms with Crippen LogP contribution in [0.2, 0.25) is 0 Å². The van der Waals surface area contributed by atoms with Crippen LogP contribution < -0.4 is 0 Å². The number of rotatable bonds is 1. The van der Waals surface area contributed by atoms with E-state index < -0.39 is 6.10 Å². The number of aliphatic hydroxyl groups excluding tert-OH is 1. The first-order valence-electron chi connectivity index (χ1n) is 4.55. The molecule has 0 saturated heterocycles. The molecule has 0 amide bonds. The van der Waals surface area contributed by atoms with Gasteiger partial charge in [0.25, 0.3) is 0 Å². The van der Waals surface area contributed by atoms with Crippen molar-refractivity contribution in [2.24, 2.45) is 17.8 Å². The third-order valence-electron chi connectivity index (χ3n) is 3.31. The Labute approximate surface area is 73.5 Å². The van der Waals surface area contributed by atoms with Gasteiger partial charge in [-0.25, -0.2) is 0 Å². The van der Waals surface area contributed by atoms with Crippen molar-refractivity contribution in [2.75, 3.05) is 0 Å². The van der Waals surface area contributed by atoms with Crippen LogP contribution in [0.15, 0.2) is 11.6 Å². The Morgan fingerprint density at radius 2 is 2.42 bits per heavy atom. The molecule has 0 aromatic carbocycles. The molecule has 2 aliphatic rings. The van der Waals surface area contributed by atoms with Crippen LogP contribution in [0.4, 0.5) is 0 Å². The van der Waals surface area contributed by atoms with Crippen LogP contribution >= 0.6 is 0 Å². The number of fused-ring (bicyclic) bond motifs is 2. The molecule has 0 aliphatic heterocycles. The molecule has 1 nitrogen and oxygen atoms in total. The topological polar surface area (TPSA) is 20.2 Å². The van der Waals surface area contributed by atoms with E-state index in [1.807, 2.05) is 0 Å². The smallest absolute Gasteiger partial charge is 0.117 e. The second-order valence-electron chi connectivity index (χ2n) is 4.02. The Morgan fingerprint density at radius 3 is 2.92 bits per heavy atom. The van der Waals surface area contributed by atoms with Gasteiger partial charge >= 0.3 is 0 Å². The van der Waals surface area contributed by atoms with Crippen molar-refractivity contribution in [3.8, 4) is 12.3 Å². The molecule has 0 aromatic rings. The molecule has 0 radical (unpaired) electrons. The van der Waals surface area contributed by atoms with Crippen LogP contribution in [-0.4, -0.2) is 11.2 Å². The summed E-state index contributed by atoms with van der Waals surface area (Å²) in [7, 11) is 0. The van der Waals surface area contributed by atoms with Gasteiger partial charge in [0.15, 0.2) is 0 Å². The maximum Gasteiger partial charge on any atom is 0.117 e. The van der Waals surface area contributed by atoms with Gasteiger partial charge in [-0.05, 0) is 31.6 Å². The van der Waals surface area contributed by atoms with E-state index in [2.05, 4.69) is 18.9 Å². The summed E-state index contributed by atoms with van der Waals surface area (Å²) < 4.78 is 0. The van der Waals surface area contributed by atoms with Crippen LogP contribution in [0.3, 0.4) is 0 Å². The summed E-state index contributed by atoms with van der Waals surface area (Å²) in [6, 6.07) is 0. The van der Waals surface area contributed by atoms with Crippen LogP contribution in [0.1, 0.15) is 19.8 Å². The molecule has 0 aromatic heterocycles. The normalized spacial score (nSPS) is 40.8. The standard InChI is InChI=1S/C11H14O/c1-3-11(12)10-6-8-4-7(2)9(10)5-8/h1,4,8-12H,5-6H2,2H3. The van der Waals surface area contributed by atoms with Gasteiger partial charge in [-0.1, -0.05) is 17.6 Å². The van der Waals surface area contributed by atoms with Crippen molar-refractivity contribution < 1.29 is 5.11 Å². The molecule has 1 N–H and O–H groups in total. The summed E-state index contributed by atoms with van der Waals surface area (Å²) >= 11 is 0. The Balaban J connectivity index is 2.15. The highest BCUT2D eigenvalue weighted by atomic mass is 16.3.